The number of nitrogens with zero attached hydrogens (tertiary/aromatic N) is 2. The van der Waals surface area contributed by atoms with E-state index in [1.165, 1.54) is 5.56 Å². The largest absolute Gasteiger partial charge is 0.375 e. The van der Waals surface area contributed by atoms with Crippen molar-refractivity contribution >= 4 is 0 Å². The average Bonchev–Trinajstić information content (AvgIpc) is 2.50. The summed E-state index contributed by atoms with van der Waals surface area (Å²) in [5.41, 5.74) is 1.40. The molecule has 1 aromatic rings. The third kappa shape index (κ3) is 3.54. The molecule has 3 rings (SSSR count). The van der Waals surface area contributed by atoms with Crippen molar-refractivity contribution in [2.45, 2.75) is 12.8 Å². The van der Waals surface area contributed by atoms with E-state index in [-0.39, 0.29) is 6.23 Å². The van der Waals surface area contributed by atoms with Gasteiger partial charge >= 0.3 is 0 Å². The Labute approximate surface area is 114 Å². The van der Waals surface area contributed by atoms with Gasteiger partial charge in [0, 0.05) is 32.7 Å². The fourth-order valence-corrected chi connectivity index (χ4v) is 2.74. The first-order chi connectivity index (χ1) is 9.42. The van der Waals surface area contributed by atoms with Crippen molar-refractivity contribution in [2.75, 3.05) is 46.0 Å². The second-order valence-corrected chi connectivity index (χ2v) is 5.20. The van der Waals surface area contributed by atoms with Gasteiger partial charge in [-0.3, -0.25) is 9.80 Å². The highest BCUT2D eigenvalue weighted by Gasteiger charge is 2.26. The van der Waals surface area contributed by atoms with Gasteiger partial charge in [0.2, 0.25) is 0 Å². The van der Waals surface area contributed by atoms with Gasteiger partial charge in [0.1, 0.15) is 6.23 Å². The molecule has 1 aromatic carbocycles. The van der Waals surface area contributed by atoms with E-state index in [4.69, 9.17) is 9.47 Å². The molecule has 0 amide bonds. The molecule has 0 bridgehead atoms. The number of hydrogen-bond acceptors (Lipinski definition) is 4. The van der Waals surface area contributed by atoms with Crippen LogP contribution in [0.2, 0.25) is 0 Å². The zero-order chi connectivity index (χ0) is 12.9. The summed E-state index contributed by atoms with van der Waals surface area (Å²) in [4.78, 5) is 4.91. The second-order valence-electron chi connectivity index (χ2n) is 5.20. The first kappa shape index (κ1) is 13.1. The highest BCUT2D eigenvalue weighted by molar-refractivity contribution is 5.14. The molecule has 0 N–H and O–H groups in total. The molecule has 2 fully saturated rings. The number of ether oxygens (including phenoxy) is 2. The molecule has 4 heteroatoms. The highest BCUT2D eigenvalue weighted by Crippen LogP contribution is 2.13. The average molecular weight is 262 g/mol. The third-order valence-corrected chi connectivity index (χ3v) is 3.86. The number of benzene rings is 1. The quantitative estimate of drug-likeness (QED) is 0.816. The van der Waals surface area contributed by atoms with E-state index in [0.29, 0.717) is 0 Å². The standard InChI is InChI=1S/C15H22N2O2/c1-2-4-14(5-3-1)12-16-6-8-17(9-7-16)15-13-18-10-11-19-15/h1-5,15H,6-13H2. The van der Waals surface area contributed by atoms with E-state index in [1.807, 2.05) is 0 Å². The van der Waals surface area contributed by atoms with E-state index in [1.54, 1.807) is 0 Å². The van der Waals surface area contributed by atoms with Crippen LogP contribution in [0.1, 0.15) is 5.56 Å². The molecule has 2 aliphatic rings. The fraction of sp³-hybridized carbons (Fsp3) is 0.600. The Hall–Kier alpha value is -0.940. The summed E-state index contributed by atoms with van der Waals surface area (Å²) in [6, 6.07) is 10.7. The van der Waals surface area contributed by atoms with Crippen LogP contribution < -0.4 is 0 Å². The molecule has 1 atom stereocenters. The van der Waals surface area contributed by atoms with Crippen molar-refractivity contribution in [3.63, 3.8) is 0 Å². The van der Waals surface area contributed by atoms with Crippen LogP contribution >= 0.6 is 0 Å². The van der Waals surface area contributed by atoms with E-state index < -0.39 is 0 Å². The molecule has 0 spiro atoms. The van der Waals surface area contributed by atoms with E-state index in [9.17, 15) is 0 Å². The van der Waals surface area contributed by atoms with Crippen molar-refractivity contribution < 1.29 is 9.47 Å². The lowest BCUT2D eigenvalue weighted by Gasteiger charge is -2.40. The van der Waals surface area contributed by atoms with Crippen LogP contribution in [0.25, 0.3) is 0 Å². The Morgan fingerprint density at radius 2 is 1.79 bits per heavy atom. The zero-order valence-corrected chi connectivity index (χ0v) is 11.3. The smallest absolute Gasteiger partial charge is 0.134 e. The van der Waals surface area contributed by atoms with E-state index >= 15 is 0 Å². The molecule has 104 valence electrons. The van der Waals surface area contributed by atoms with Crippen LogP contribution in [0, 0.1) is 0 Å². The lowest BCUT2D eigenvalue weighted by molar-refractivity contribution is -0.161. The predicted molar refractivity (Wildman–Crippen MR) is 73.9 cm³/mol. The summed E-state index contributed by atoms with van der Waals surface area (Å²) in [6.45, 7) is 7.60. The first-order valence-corrected chi connectivity index (χ1v) is 7.11. The molecule has 1 unspecified atom stereocenters. The van der Waals surface area contributed by atoms with Crippen LogP contribution in [0.15, 0.2) is 30.3 Å². The number of piperazine rings is 1. The number of hydrogen-bond donors (Lipinski definition) is 0. The van der Waals surface area contributed by atoms with Gasteiger partial charge in [0.15, 0.2) is 0 Å². The molecule has 0 saturated carbocycles. The van der Waals surface area contributed by atoms with Crippen LogP contribution in [0.3, 0.4) is 0 Å². The van der Waals surface area contributed by atoms with Crippen molar-refractivity contribution in [2.24, 2.45) is 0 Å². The Morgan fingerprint density at radius 1 is 1.00 bits per heavy atom. The topological polar surface area (TPSA) is 24.9 Å². The summed E-state index contributed by atoms with van der Waals surface area (Å²) in [6.07, 6.45) is 0.174. The van der Waals surface area contributed by atoms with Gasteiger partial charge in [-0.1, -0.05) is 30.3 Å². The Morgan fingerprint density at radius 3 is 2.47 bits per heavy atom. The van der Waals surface area contributed by atoms with Crippen molar-refractivity contribution in [1.29, 1.82) is 0 Å². The predicted octanol–water partition coefficient (Wildman–Crippen LogP) is 1.18. The van der Waals surface area contributed by atoms with Gasteiger partial charge in [-0.2, -0.15) is 0 Å². The summed E-state index contributed by atoms with van der Waals surface area (Å²) in [5, 5.41) is 0. The Bertz CT molecular complexity index is 371. The van der Waals surface area contributed by atoms with Gasteiger partial charge in [-0.15, -0.1) is 0 Å². The van der Waals surface area contributed by atoms with Gasteiger partial charge in [0.05, 0.1) is 19.8 Å². The summed E-state index contributed by atoms with van der Waals surface area (Å²) < 4.78 is 11.2. The van der Waals surface area contributed by atoms with Crippen LogP contribution in [0.4, 0.5) is 0 Å². The molecular weight excluding hydrogens is 240 g/mol. The molecule has 2 saturated heterocycles. The maximum Gasteiger partial charge on any atom is 0.134 e. The molecule has 2 aliphatic heterocycles. The molecule has 0 aliphatic carbocycles. The van der Waals surface area contributed by atoms with E-state index in [2.05, 4.69) is 40.1 Å². The molecule has 0 aromatic heterocycles. The minimum Gasteiger partial charge on any atom is -0.375 e. The molecular formula is C15H22N2O2. The zero-order valence-electron chi connectivity index (χ0n) is 11.3. The minimum atomic E-state index is 0.174. The van der Waals surface area contributed by atoms with Crippen molar-refractivity contribution in [3.8, 4) is 0 Å². The normalized spacial score (nSPS) is 26.4. The monoisotopic (exact) mass is 262 g/mol. The summed E-state index contributed by atoms with van der Waals surface area (Å²) in [5.74, 6) is 0. The van der Waals surface area contributed by atoms with Crippen molar-refractivity contribution in [1.82, 2.24) is 9.80 Å². The van der Waals surface area contributed by atoms with Crippen LogP contribution in [0.5, 0.6) is 0 Å². The van der Waals surface area contributed by atoms with Gasteiger partial charge in [-0.05, 0) is 5.56 Å². The van der Waals surface area contributed by atoms with Crippen molar-refractivity contribution in [3.05, 3.63) is 35.9 Å². The maximum atomic E-state index is 5.75. The molecule has 0 radical (unpaired) electrons. The lowest BCUT2D eigenvalue weighted by atomic mass is 10.2. The first-order valence-electron chi connectivity index (χ1n) is 7.11. The highest BCUT2D eigenvalue weighted by atomic mass is 16.6. The second kappa shape index (κ2) is 6.48. The van der Waals surface area contributed by atoms with Gasteiger partial charge in [-0.25, -0.2) is 0 Å². The minimum absolute atomic E-state index is 0.174. The van der Waals surface area contributed by atoms with E-state index in [0.717, 1.165) is 52.5 Å². The van der Waals surface area contributed by atoms with Gasteiger partial charge in [0.25, 0.3) is 0 Å². The Kier molecular flexibility index (Phi) is 4.45. The molecule has 4 nitrogen and oxygen atoms in total. The Balaban J connectivity index is 1.46. The summed E-state index contributed by atoms with van der Waals surface area (Å²) >= 11 is 0. The fourth-order valence-electron chi connectivity index (χ4n) is 2.74. The number of rotatable bonds is 3. The van der Waals surface area contributed by atoms with Crippen LogP contribution in [-0.4, -0.2) is 62.0 Å². The summed E-state index contributed by atoms with van der Waals surface area (Å²) in [7, 11) is 0. The molecule has 19 heavy (non-hydrogen) atoms. The van der Waals surface area contributed by atoms with Gasteiger partial charge < -0.3 is 9.47 Å². The third-order valence-electron chi connectivity index (χ3n) is 3.86. The lowest BCUT2D eigenvalue weighted by Crippen LogP contribution is -2.53. The SMILES string of the molecule is c1ccc(CN2CCN(C3COCCO3)CC2)cc1. The maximum absolute atomic E-state index is 5.75. The van der Waals surface area contributed by atoms with Crippen LogP contribution in [-0.2, 0) is 16.0 Å². The molecule has 2 heterocycles.